The fraction of sp³-hybridized carbons (Fsp3) is 0.500. The Morgan fingerprint density at radius 2 is 2.13 bits per heavy atom. The van der Waals surface area contributed by atoms with Gasteiger partial charge in [-0.25, -0.2) is 0 Å². The third kappa shape index (κ3) is 6.15. The van der Waals surface area contributed by atoms with E-state index in [-0.39, 0.29) is 0 Å². The van der Waals surface area contributed by atoms with Crippen molar-refractivity contribution in [1.82, 2.24) is 20.4 Å². The summed E-state index contributed by atoms with van der Waals surface area (Å²) in [4.78, 5) is 4.49. The first-order valence-corrected chi connectivity index (χ1v) is 7.80. The standard InChI is InChI=1S/C16H25N5O2/c1-21-14(6-10-20-21)5-8-17-16(19-11-13-22-2)18-9-7-15-4-3-12-23-15/h3-4,6,10,12H,5,7-9,11,13H2,1-2H3,(H2,17,18,19). The van der Waals surface area contributed by atoms with Crippen molar-refractivity contribution >= 4 is 5.96 Å². The molecule has 0 aromatic carbocycles. The number of hydrogen-bond acceptors (Lipinski definition) is 4. The molecular formula is C16H25N5O2. The Morgan fingerprint density at radius 1 is 1.30 bits per heavy atom. The van der Waals surface area contributed by atoms with Gasteiger partial charge in [0, 0.05) is 52.0 Å². The molecule has 7 nitrogen and oxygen atoms in total. The molecule has 2 rings (SSSR count). The quantitative estimate of drug-likeness (QED) is 0.409. The van der Waals surface area contributed by atoms with Gasteiger partial charge in [-0.15, -0.1) is 0 Å². The van der Waals surface area contributed by atoms with Crippen LogP contribution in [0.3, 0.4) is 0 Å². The summed E-state index contributed by atoms with van der Waals surface area (Å²) in [5.41, 5.74) is 1.18. The molecule has 2 heterocycles. The Morgan fingerprint density at radius 3 is 2.78 bits per heavy atom. The van der Waals surface area contributed by atoms with E-state index in [0.717, 1.165) is 37.7 Å². The van der Waals surface area contributed by atoms with Gasteiger partial charge in [0.25, 0.3) is 0 Å². The van der Waals surface area contributed by atoms with Crippen LogP contribution in [-0.4, -0.2) is 49.1 Å². The van der Waals surface area contributed by atoms with Crippen molar-refractivity contribution in [3.8, 4) is 0 Å². The number of hydrogen-bond donors (Lipinski definition) is 2. The lowest BCUT2D eigenvalue weighted by Gasteiger charge is -2.12. The highest BCUT2D eigenvalue weighted by Gasteiger charge is 2.02. The molecule has 0 saturated carbocycles. The number of aryl methyl sites for hydroxylation is 1. The number of nitrogens with one attached hydrogen (secondary N) is 2. The maximum Gasteiger partial charge on any atom is 0.191 e. The fourth-order valence-corrected chi connectivity index (χ4v) is 2.14. The summed E-state index contributed by atoms with van der Waals surface area (Å²) in [6.45, 7) is 2.78. The zero-order valence-electron chi connectivity index (χ0n) is 13.8. The topological polar surface area (TPSA) is 76.6 Å². The molecule has 0 fully saturated rings. The highest BCUT2D eigenvalue weighted by Crippen LogP contribution is 1.99. The van der Waals surface area contributed by atoms with Crippen molar-refractivity contribution in [2.24, 2.45) is 12.0 Å². The number of methoxy groups -OCH3 is 1. The van der Waals surface area contributed by atoms with Gasteiger partial charge in [-0.3, -0.25) is 9.67 Å². The molecule has 126 valence electrons. The Bertz CT molecular complexity index is 577. The van der Waals surface area contributed by atoms with Crippen LogP contribution >= 0.6 is 0 Å². The van der Waals surface area contributed by atoms with Crippen molar-refractivity contribution in [3.63, 3.8) is 0 Å². The fourth-order valence-electron chi connectivity index (χ4n) is 2.14. The number of nitrogens with zero attached hydrogens (tertiary/aromatic N) is 3. The first kappa shape index (κ1) is 17.1. The van der Waals surface area contributed by atoms with E-state index in [2.05, 4.69) is 20.7 Å². The molecule has 0 aliphatic carbocycles. The summed E-state index contributed by atoms with van der Waals surface area (Å²) in [7, 11) is 3.62. The molecule has 0 spiro atoms. The van der Waals surface area contributed by atoms with Crippen molar-refractivity contribution in [2.45, 2.75) is 12.8 Å². The molecule has 0 radical (unpaired) electrons. The minimum atomic E-state index is 0.604. The number of rotatable bonds is 9. The lowest BCUT2D eigenvalue weighted by Crippen LogP contribution is -2.39. The maximum atomic E-state index is 5.33. The van der Waals surface area contributed by atoms with Crippen LogP contribution in [0.1, 0.15) is 11.5 Å². The zero-order chi connectivity index (χ0) is 16.3. The molecule has 2 aromatic heterocycles. The minimum Gasteiger partial charge on any atom is -0.469 e. The predicted octanol–water partition coefficient (Wildman–Crippen LogP) is 0.980. The number of guanidine groups is 1. The SMILES string of the molecule is COCCN=C(NCCc1ccco1)NCCc1ccnn1C. The third-order valence-electron chi connectivity index (χ3n) is 3.41. The van der Waals surface area contributed by atoms with E-state index in [1.54, 1.807) is 13.4 Å². The molecule has 0 amide bonds. The largest absolute Gasteiger partial charge is 0.469 e. The number of aliphatic imine (C=N–C) groups is 1. The lowest BCUT2D eigenvalue weighted by molar-refractivity contribution is 0.208. The van der Waals surface area contributed by atoms with Gasteiger partial charge in [0.1, 0.15) is 5.76 Å². The van der Waals surface area contributed by atoms with Gasteiger partial charge in [-0.05, 0) is 18.2 Å². The van der Waals surface area contributed by atoms with Crippen LogP contribution in [0, 0.1) is 0 Å². The van der Waals surface area contributed by atoms with Crippen LogP contribution in [0.2, 0.25) is 0 Å². The normalized spacial score (nSPS) is 11.7. The molecule has 7 heteroatoms. The molecule has 2 N–H and O–H groups in total. The number of ether oxygens (including phenoxy) is 1. The van der Waals surface area contributed by atoms with Gasteiger partial charge in [0.05, 0.1) is 19.4 Å². The molecule has 0 aliphatic heterocycles. The van der Waals surface area contributed by atoms with Gasteiger partial charge in [0.2, 0.25) is 0 Å². The lowest BCUT2D eigenvalue weighted by atomic mass is 10.3. The van der Waals surface area contributed by atoms with Gasteiger partial charge < -0.3 is 19.8 Å². The molecule has 2 aromatic rings. The summed E-state index contributed by atoms with van der Waals surface area (Å²) in [5, 5.41) is 10.8. The molecule has 0 saturated heterocycles. The summed E-state index contributed by atoms with van der Waals surface area (Å²) >= 11 is 0. The van der Waals surface area contributed by atoms with E-state index in [1.807, 2.05) is 36.1 Å². The van der Waals surface area contributed by atoms with Crippen molar-refractivity contribution in [2.75, 3.05) is 33.4 Å². The van der Waals surface area contributed by atoms with Gasteiger partial charge >= 0.3 is 0 Å². The second kappa shape index (κ2) is 9.68. The zero-order valence-corrected chi connectivity index (χ0v) is 13.8. The predicted molar refractivity (Wildman–Crippen MR) is 89.5 cm³/mol. The second-order valence-electron chi connectivity index (χ2n) is 5.10. The van der Waals surface area contributed by atoms with E-state index in [1.165, 1.54) is 5.69 Å². The molecule has 0 bridgehead atoms. The smallest absolute Gasteiger partial charge is 0.191 e. The van der Waals surface area contributed by atoms with Crippen LogP contribution in [-0.2, 0) is 24.6 Å². The van der Waals surface area contributed by atoms with Crippen molar-refractivity contribution in [3.05, 3.63) is 42.1 Å². The summed E-state index contributed by atoms with van der Waals surface area (Å²) < 4.78 is 12.3. The van der Waals surface area contributed by atoms with E-state index in [4.69, 9.17) is 9.15 Å². The van der Waals surface area contributed by atoms with Gasteiger partial charge in [-0.1, -0.05) is 0 Å². The Balaban J connectivity index is 1.76. The Labute approximate surface area is 136 Å². The van der Waals surface area contributed by atoms with E-state index >= 15 is 0 Å². The van der Waals surface area contributed by atoms with Crippen molar-refractivity contribution < 1.29 is 9.15 Å². The highest BCUT2D eigenvalue weighted by molar-refractivity contribution is 5.79. The van der Waals surface area contributed by atoms with E-state index < -0.39 is 0 Å². The number of furan rings is 1. The summed E-state index contributed by atoms with van der Waals surface area (Å²) in [5.74, 6) is 1.75. The maximum absolute atomic E-state index is 5.33. The average Bonchev–Trinajstić information content (AvgIpc) is 3.19. The van der Waals surface area contributed by atoms with Crippen LogP contribution in [0.25, 0.3) is 0 Å². The van der Waals surface area contributed by atoms with Crippen molar-refractivity contribution in [1.29, 1.82) is 0 Å². The van der Waals surface area contributed by atoms with Crippen LogP contribution < -0.4 is 10.6 Å². The summed E-state index contributed by atoms with van der Waals surface area (Å²) in [6.07, 6.45) is 5.21. The van der Waals surface area contributed by atoms with E-state index in [0.29, 0.717) is 13.2 Å². The first-order chi connectivity index (χ1) is 11.3. The molecule has 0 aliphatic rings. The molecular weight excluding hydrogens is 294 g/mol. The van der Waals surface area contributed by atoms with Crippen LogP contribution in [0.5, 0.6) is 0 Å². The van der Waals surface area contributed by atoms with Gasteiger partial charge in [0.15, 0.2) is 5.96 Å². The minimum absolute atomic E-state index is 0.604. The first-order valence-electron chi connectivity index (χ1n) is 7.80. The molecule has 23 heavy (non-hydrogen) atoms. The third-order valence-corrected chi connectivity index (χ3v) is 3.41. The second-order valence-corrected chi connectivity index (χ2v) is 5.10. The monoisotopic (exact) mass is 319 g/mol. The summed E-state index contributed by atoms with van der Waals surface area (Å²) in [6, 6.07) is 5.89. The van der Waals surface area contributed by atoms with Gasteiger partial charge in [-0.2, -0.15) is 5.10 Å². The molecule has 0 atom stereocenters. The molecule has 0 unspecified atom stereocenters. The average molecular weight is 319 g/mol. The van der Waals surface area contributed by atoms with Crippen LogP contribution in [0.4, 0.5) is 0 Å². The van der Waals surface area contributed by atoms with E-state index in [9.17, 15) is 0 Å². The Kier molecular flexibility index (Phi) is 7.19. The van der Waals surface area contributed by atoms with Crippen LogP contribution in [0.15, 0.2) is 40.1 Å². The number of aromatic nitrogens is 2. The Hall–Kier alpha value is -2.28. The highest BCUT2D eigenvalue weighted by atomic mass is 16.5.